The Kier molecular flexibility index (Phi) is 3.51. The minimum atomic E-state index is -3.86. The van der Waals surface area contributed by atoms with Crippen LogP contribution >= 0.6 is 0 Å². The van der Waals surface area contributed by atoms with Gasteiger partial charge in [0.15, 0.2) is 0 Å². The molecule has 0 aliphatic carbocycles. The van der Waals surface area contributed by atoms with Crippen molar-refractivity contribution in [3.8, 4) is 0 Å². The minimum Gasteiger partial charge on any atom is -0.319 e. The highest BCUT2D eigenvalue weighted by atomic mass is 32.2. The number of amides is 1. The van der Waals surface area contributed by atoms with Crippen molar-refractivity contribution in [1.82, 2.24) is 20.6 Å². The predicted octanol–water partition coefficient (Wildman–Crippen LogP) is -0.284. The molecule has 20 heavy (non-hydrogen) atoms. The lowest BCUT2D eigenvalue weighted by molar-refractivity contribution is 0.101. The Morgan fingerprint density at radius 2 is 2.05 bits per heavy atom. The van der Waals surface area contributed by atoms with Crippen LogP contribution in [0.1, 0.15) is 21.7 Å². The Labute approximate surface area is 114 Å². The zero-order chi connectivity index (χ0) is 14.9. The first-order chi connectivity index (χ1) is 9.29. The highest BCUT2D eigenvalue weighted by Crippen LogP contribution is 2.23. The summed E-state index contributed by atoms with van der Waals surface area (Å²) in [6.07, 6.45) is 0. The van der Waals surface area contributed by atoms with Gasteiger partial charge in [-0.05, 0) is 42.3 Å². The number of anilines is 1. The van der Waals surface area contributed by atoms with E-state index in [4.69, 9.17) is 5.14 Å². The second kappa shape index (κ2) is 4.98. The molecule has 0 unspecified atom stereocenters. The van der Waals surface area contributed by atoms with E-state index in [1.165, 1.54) is 12.1 Å². The van der Waals surface area contributed by atoms with Crippen LogP contribution in [0.15, 0.2) is 17.0 Å². The van der Waals surface area contributed by atoms with Gasteiger partial charge in [-0.25, -0.2) is 13.6 Å². The summed E-state index contributed by atoms with van der Waals surface area (Å²) in [4.78, 5) is 11.7. The third kappa shape index (κ3) is 2.81. The number of benzene rings is 1. The number of sulfonamides is 1. The van der Waals surface area contributed by atoms with Gasteiger partial charge in [-0.15, -0.1) is 10.2 Å². The Hall–Kier alpha value is -2.33. The second-order valence-corrected chi connectivity index (χ2v) is 5.71. The van der Waals surface area contributed by atoms with E-state index < -0.39 is 15.9 Å². The van der Waals surface area contributed by atoms with Crippen LogP contribution in [0, 0.1) is 13.8 Å². The van der Waals surface area contributed by atoms with E-state index in [-0.39, 0.29) is 10.7 Å². The number of tetrazole rings is 1. The van der Waals surface area contributed by atoms with Crippen molar-refractivity contribution in [3.63, 3.8) is 0 Å². The predicted molar refractivity (Wildman–Crippen MR) is 69.4 cm³/mol. The third-order valence-electron chi connectivity index (χ3n) is 2.77. The maximum Gasteiger partial charge on any atom is 0.297 e. The van der Waals surface area contributed by atoms with Crippen molar-refractivity contribution < 1.29 is 13.2 Å². The molecule has 0 atom stereocenters. The molecule has 0 radical (unpaired) electrons. The summed E-state index contributed by atoms with van der Waals surface area (Å²) in [6.45, 7) is 3.46. The number of aryl methyl sites for hydroxylation is 1. The fraction of sp³-hybridized carbons (Fsp3) is 0.200. The van der Waals surface area contributed by atoms with Gasteiger partial charge in [-0.3, -0.25) is 4.79 Å². The van der Waals surface area contributed by atoms with Gasteiger partial charge in [0.25, 0.3) is 11.7 Å². The van der Waals surface area contributed by atoms with Gasteiger partial charge in [-0.1, -0.05) is 0 Å². The van der Waals surface area contributed by atoms with E-state index in [0.29, 0.717) is 16.8 Å². The Bertz CT molecular complexity index is 754. The molecule has 0 aliphatic rings. The second-order valence-electron chi connectivity index (χ2n) is 4.15. The van der Waals surface area contributed by atoms with E-state index >= 15 is 0 Å². The number of hydrogen-bond acceptors (Lipinski definition) is 6. The van der Waals surface area contributed by atoms with Gasteiger partial charge >= 0.3 is 0 Å². The van der Waals surface area contributed by atoms with Gasteiger partial charge < -0.3 is 5.32 Å². The molecule has 10 heteroatoms. The first-order valence-electron chi connectivity index (χ1n) is 5.48. The van der Waals surface area contributed by atoms with Crippen LogP contribution in [-0.2, 0) is 10.0 Å². The molecular formula is C10H12N6O3S. The summed E-state index contributed by atoms with van der Waals surface area (Å²) in [7, 11) is -3.86. The van der Waals surface area contributed by atoms with Crippen molar-refractivity contribution in [2.24, 2.45) is 5.14 Å². The van der Waals surface area contributed by atoms with Gasteiger partial charge in [0.1, 0.15) is 0 Å². The van der Waals surface area contributed by atoms with E-state index in [1.807, 2.05) is 0 Å². The van der Waals surface area contributed by atoms with Crippen molar-refractivity contribution in [1.29, 1.82) is 0 Å². The summed E-state index contributed by atoms with van der Waals surface area (Å²) in [6, 6.07) is 2.73. The number of H-pyrrole nitrogens is 1. The van der Waals surface area contributed by atoms with Crippen LogP contribution in [0.5, 0.6) is 0 Å². The lowest BCUT2D eigenvalue weighted by Gasteiger charge is -2.11. The number of carbonyl (C=O) groups excluding carboxylic acids is 1. The minimum absolute atomic E-state index is 0.0796. The first kappa shape index (κ1) is 14.1. The summed E-state index contributed by atoms with van der Waals surface area (Å²) in [5.74, 6) is -0.754. The van der Waals surface area contributed by atoms with E-state index in [2.05, 4.69) is 25.9 Å². The number of nitrogens with zero attached hydrogens (tertiary/aromatic N) is 3. The van der Waals surface area contributed by atoms with Crippen molar-refractivity contribution >= 4 is 21.6 Å². The molecule has 0 aliphatic heterocycles. The molecule has 1 heterocycles. The molecule has 1 amide bonds. The van der Waals surface area contributed by atoms with E-state index in [9.17, 15) is 13.2 Å². The number of nitrogens with one attached hydrogen (secondary N) is 2. The standard InChI is InChI=1S/C10H12N6O3S/c1-5-3-7(20(11,18)19)4-8(6(5)2)12-10(17)9-13-15-16-14-9/h3-4H,1-2H3,(H,12,17)(H2,11,18,19)(H,13,14,15,16). The smallest absolute Gasteiger partial charge is 0.297 e. The molecule has 4 N–H and O–H groups in total. The monoisotopic (exact) mass is 296 g/mol. The van der Waals surface area contributed by atoms with E-state index in [1.54, 1.807) is 13.8 Å². The lowest BCUT2D eigenvalue weighted by atomic mass is 10.1. The summed E-state index contributed by atoms with van der Waals surface area (Å²) in [5.41, 5.74) is 1.72. The zero-order valence-corrected chi connectivity index (χ0v) is 11.5. The number of hydrogen-bond donors (Lipinski definition) is 3. The summed E-state index contributed by atoms with van der Waals surface area (Å²) < 4.78 is 22.8. The number of carbonyl (C=O) groups is 1. The topological polar surface area (TPSA) is 144 Å². The molecule has 0 fully saturated rings. The SMILES string of the molecule is Cc1cc(S(N)(=O)=O)cc(NC(=O)c2nn[nH]n2)c1C. The van der Waals surface area contributed by atoms with Crippen LogP contribution in [0.2, 0.25) is 0 Å². The highest BCUT2D eigenvalue weighted by Gasteiger charge is 2.16. The largest absolute Gasteiger partial charge is 0.319 e. The quantitative estimate of drug-likeness (QED) is 0.710. The summed E-state index contributed by atoms with van der Waals surface area (Å²) in [5, 5.41) is 20.1. The molecule has 1 aromatic carbocycles. The Morgan fingerprint density at radius 1 is 1.35 bits per heavy atom. The van der Waals surface area contributed by atoms with Gasteiger partial charge in [-0.2, -0.15) is 5.21 Å². The molecule has 0 saturated carbocycles. The van der Waals surface area contributed by atoms with Crippen LogP contribution in [0.4, 0.5) is 5.69 Å². The number of aromatic amines is 1. The van der Waals surface area contributed by atoms with Gasteiger partial charge in [0.2, 0.25) is 10.0 Å². The first-order valence-corrected chi connectivity index (χ1v) is 7.02. The van der Waals surface area contributed by atoms with E-state index in [0.717, 1.165) is 0 Å². The Morgan fingerprint density at radius 3 is 2.60 bits per heavy atom. The summed E-state index contributed by atoms with van der Waals surface area (Å²) >= 11 is 0. The van der Waals surface area contributed by atoms with Crippen molar-refractivity contribution in [2.75, 3.05) is 5.32 Å². The zero-order valence-electron chi connectivity index (χ0n) is 10.7. The van der Waals surface area contributed by atoms with Crippen LogP contribution < -0.4 is 10.5 Å². The molecule has 2 rings (SSSR count). The third-order valence-corrected chi connectivity index (χ3v) is 3.66. The maximum absolute atomic E-state index is 11.8. The molecule has 0 bridgehead atoms. The van der Waals surface area contributed by atoms with Gasteiger partial charge in [0.05, 0.1) is 4.90 Å². The molecule has 0 saturated heterocycles. The van der Waals surface area contributed by atoms with Crippen LogP contribution in [0.25, 0.3) is 0 Å². The van der Waals surface area contributed by atoms with Crippen LogP contribution in [-0.4, -0.2) is 34.9 Å². The molecular weight excluding hydrogens is 284 g/mol. The molecule has 2 aromatic rings. The van der Waals surface area contributed by atoms with Crippen molar-refractivity contribution in [3.05, 3.63) is 29.1 Å². The lowest BCUT2D eigenvalue weighted by Crippen LogP contribution is -2.17. The number of rotatable bonds is 3. The molecule has 0 spiro atoms. The fourth-order valence-electron chi connectivity index (χ4n) is 1.56. The van der Waals surface area contributed by atoms with Gasteiger partial charge in [0, 0.05) is 5.69 Å². The fourth-order valence-corrected chi connectivity index (χ4v) is 2.18. The highest BCUT2D eigenvalue weighted by molar-refractivity contribution is 7.89. The number of nitrogens with two attached hydrogens (primary N) is 1. The van der Waals surface area contributed by atoms with Crippen LogP contribution in [0.3, 0.4) is 0 Å². The number of aromatic nitrogens is 4. The molecule has 106 valence electrons. The number of primary sulfonamides is 1. The average Bonchev–Trinajstić information content (AvgIpc) is 2.87. The molecule has 1 aromatic heterocycles. The average molecular weight is 296 g/mol. The molecule has 9 nitrogen and oxygen atoms in total. The Balaban J connectivity index is 2.41. The normalized spacial score (nSPS) is 11.3. The van der Waals surface area contributed by atoms with Crippen molar-refractivity contribution in [2.45, 2.75) is 18.7 Å². The maximum atomic E-state index is 11.8.